The van der Waals surface area contributed by atoms with Gasteiger partial charge in [0.25, 0.3) is 0 Å². The molecule has 3 rings (SSSR count). The second kappa shape index (κ2) is 15.5. The van der Waals surface area contributed by atoms with E-state index >= 15 is 0 Å². The van der Waals surface area contributed by atoms with Gasteiger partial charge in [0.2, 0.25) is 6.79 Å². The molecule has 0 spiro atoms. The first-order valence-electron chi connectivity index (χ1n) is 15.0. The van der Waals surface area contributed by atoms with Gasteiger partial charge < -0.3 is 39.5 Å². The first kappa shape index (κ1) is 35.7. The molecule has 1 aliphatic heterocycles. The van der Waals surface area contributed by atoms with Gasteiger partial charge in [0.05, 0.1) is 11.4 Å². The summed E-state index contributed by atoms with van der Waals surface area (Å²) in [5.41, 5.74) is 4.50. The van der Waals surface area contributed by atoms with E-state index in [-0.39, 0.29) is 30.5 Å². The molecule has 0 unspecified atom stereocenters. The number of nitrogens with two attached hydrogens (primary N) is 1. The molecule has 1 aromatic rings. The van der Waals surface area contributed by atoms with Crippen LogP contribution in [0.3, 0.4) is 0 Å². The summed E-state index contributed by atoms with van der Waals surface area (Å²) in [5.74, 6) is -1.65. The Balaban J connectivity index is 1.80. The van der Waals surface area contributed by atoms with Crippen LogP contribution in [0.25, 0.3) is 0 Å². The van der Waals surface area contributed by atoms with Gasteiger partial charge in [-0.2, -0.15) is 0 Å². The molecule has 0 bridgehead atoms. The fraction of sp³-hybridized carbons (Fsp3) is 0.667. The number of rotatable bonds is 11. The lowest BCUT2D eigenvalue weighted by molar-refractivity contribution is -0.164. The first-order chi connectivity index (χ1) is 21.1. The van der Waals surface area contributed by atoms with Gasteiger partial charge in [-0.1, -0.05) is 40.0 Å². The number of hydrogen-bond donors (Lipinski definition) is 5. The molecule has 15 heteroatoms. The number of H-pyrrole nitrogens is 1. The summed E-state index contributed by atoms with van der Waals surface area (Å²) in [7, 11) is 0. The van der Waals surface area contributed by atoms with E-state index in [1.165, 1.54) is 6.07 Å². The van der Waals surface area contributed by atoms with Crippen LogP contribution < -0.4 is 11.1 Å². The van der Waals surface area contributed by atoms with Crippen LogP contribution >= 0.6 is 0 Å². The van der Waals surface area contributed by atoms with Crippen LogP contribution in [0, 0.1) is 16.7 Å². The monoisotopic (exact) mass is 635 g/mol. The largest absolute Gasteiger partial charge is 0.463 e. The maximum Gasteiger partial charge on any atom is 0.415 e. The van der Waals surface area contributed by atoms with Crippen molar-refractivity contribution in [2.24, 2.45) is 22.1 Å². The zero-order valence-electron chi connectivity index (χ0n) is 26.4. The molecule has 1 saturated heterocycles. The van der Waals surface area contributed by atoms with Crippen molar-refractivity contribution in [1.29, 1.82) is 5.41 Å². The Labute approximate surface area is 262 Å². The number of aromatic amines is 1. The number of carbonyl (C=O) groups is 4. The van der Waals surface area contributed by atoms with Crippen molar-refractivity contribution in [3.05, 3.63) is 23.5 Å². The van der Waals surface area contributed by atoms with Gasteiger partial charge in [0, 0.05) is 13.3 Å². The summed E-state index contributed by atoms with van der Waals surface area (Å²) in [5, 5.41) is 21.2. The summed E-state index contributed by atoms with van der Waals surface area (Å²) >= 11 is 0. The predicted octanol–water partition coefficient (Wildman–Crippen LogP) is 2.39. The molecule has 1 saturated carbocycles. The maximum absolute atomic E-state index is 13.0. The quantitative estimate of drug-likeness (QED) is 0.0780. The molecule has 250 valence electrons. The Bertz CT molecular complexity index is 1250. The Hall–Kier alpha value is -3.82. The number of hydrogen-bond acceptors (Lipinski definition) is 12. The van der Waals surface area contributed by atoms with Gasteiger partial charge in [-0.3, -0.25) is 25.1 Å². The van der Waals surface area contributed by atoms with E-state index in [0.717, 1.165) is 39.0 Å². The lowest BCUT2D eigenvalue weighted by atomic mass is 9.87. The van der Waals surface area contributed by atoms with Crippen molar-refractivity contribution >= 4 is 36.2 Å². The van der Waals surface area contributed by atoms with E-state index < -0.39 is 66.2 Å². The number of ether oxygens (including phenoxy) is 5. The molecule has 0 radical (unpaired) electrons. The smallest absolute Gasteiger partial charge is 0.415 e. The predicted molar refractivity (Wildman–Crippen MR) is 160 cm³/mol. The van der Waals surface area contributed by atoms with Crippen molar-refractivity contribution in [2.45, 2.75) is 103 Å². The third-order valence-electron chi connectivity index (χ3n) is 8.01. The lowest BCUT2D eigenvalue weighted by Crippen LogP contribution is -2.48. The number of esters is 3. The average Bonchev–Trinajstić information content (AvgIpc) is 3.56. The van der Waals surface area contributed by atoms with Gasteiger partial charge in [-0.15, -0.1) is 0 Å². The van der Waals surface area contributed by atoms with Crippen LogP contribution in [0.4, 0.5) is 4.79 Å². The van der Waals surface area contributed by atoms with Crippen molar-refractivity contribution in [1.82, 2.24) is 10.3 Å². The molecule has 1 aromatic heterocycles. The number of aromatic nitrogens is 1. The van der Waals surface area contributed by atoms with E-state index in [0.29, 0.717) is 12.0 Å². The van der Waals surface area contributed by atoms with E-state index in [1.54, 1.807) is 33.8 Å². The van der Waals surface area contributed by atoms with Crippen LogP contribution in [-0.4, -0.2) is 84.0 Å². The van der Waals surface area contributed by atoms with E-state index in [4.69, 9.17) is 30.1 Å². The molecular formula is C30H45N5O10. The lowest BCUT2D eigenvalue weighted by Gasteiger charge is -2.29. The second-order valence-corrected chi connectivity index (χ2v) is 12.5. The SMILES string of the molecule is CC(=O)OCOC(=O)N/C(=N/C=N)c1ccc([C@]2(C)O[C@H](COC(=O)CC3CCCCC3)[C@@H](OC(=O)[C@@H](N)C(C)(C)C)[C@H]2O)[nH]1. The van der Waals surface area contributed by atoms with Crippen LogP contribution in [-0.2, 0) is 43.7 Å². The van der Waals surface area contributed by atoms with Gasteiger partial charge >= 0.3 is 24.0 Å². The highest BCUT2D eigenvalue weighted by atomic mass is 16.7. The van der Waals surface area contributed by atoms with Crippen molar-refractivity contribution in [2.75, 3.05) is 13.4 Å². The van der Waals surface area contributed by atoms with Crippen LogP contribution in [0.5, 0.6) is 0 Å². The van der Waals surface area contributed by atoms with Gasteiger partial charge in [-0.25, -0.2) is 9.79 Å². The number of amidine groups is 1. The van der Waals surface area contributed by atoms with Crippen molar-refractivity contribution < 1.29 is 48.0 Å². The summed E-state index contributed by atoms with van der Waals surface area (Å²) in [6, 6.07) is 2.07. The molecule has 45 heavy (non-hydrogen) atoms. The third kappa shape index (κ3) is 9.58. The molecule has 15 nitrogen and oxygen atoms in total. The molecule has 2 aliphatic rings. The molecule has 5 atom stereocenters. The van der Waals surface area contributed by atoms with Crippen molar-refractivity contribution in [3.63, 3.8) is 0 Å². The Morgan fingerprint density at radius 1 is 1.20 bits per heavy atom. The zero-order chi connectivity index (χ0) is 33.4. The van der Waals surface area contributed by atoms with Gasteiger partial charge in [-0.05, 0) is 43.2 Å². The summed E-state index contributed by atoms with van der Waals surface area (Å²) < 4.78 is 26.9. The van der Waals surface area contributed by atoms with Crippen LogP contribution in [0.2, 0.25) is 0 Å². The average molecular weight is 636 g/mol. The maximum atomic E-state index is 13.0. The minimum atomic E-state index is -1.51. The Morgan fingerprint density at radius 2 is 1.89 bits per heavy atom. The summed E-state index contributed by atoms with van der Waals surface area (Å²) in [6.45, 7) is 7.16. The minimum absolute atomic E-state index is 0.118. The van der Waals surface area contributed by atoms with Gasteiger partial charge in [0.15, 0.2) is 11.9 Å². The highest BCUT2D eigenvalue weighted by Gasteiger charge is 2.56. The second-order valence-electron chi connectivity index (χ2n) is 12.5. The topological polar surface area (TPSA) is 225 Å². The van der Waals surface area contributed by atoms with Crippen LogP contribution in [0.1, 0.15) is 84.5 Å². The summed E-state index contributed by atoms with van der Waals surface area (Å²) in [4.78, 5) is 55.6. The Kier molecular flexibility index (Phi) is 12.2. The fourth-order valence-electron chi connectivity index (χ4n) is 5.24. The molecule has 0 aromatic carbocycles. The molecular weight excluding hydrogens is 590 g/mol. The summed E-state index contributed by atoms with van der Waals surface area (Å²) in [6.07, 6.45) is 1.50. The number of alkyl carbamates (subject to hydrolysis) is 1. The number of nitrogens with one attached hydrogen (secondary N) is 3. The standard InChI is InChI=1S/C30H45N5O10/c1-17(36)42-16-43-28(40)35-26(33-15-31)19-11-12-21(34-19)30(5)25(38)23(44-27(39)24(32)29(2,3)4)20(45-30)14-41-22(37)13-18-9-7-6-8-10-18/h11-12,15,18,20,23-25,34,38H,6-10,13-14,16,32H2,1-5H3,(H2,31,33,35,40)/t20-,23-,24-,25-,30+/m1/s1. The highest BCUT2D eigenvalue weighted by Crippen LogP contribution is 2.41. The number of amides is 1. The molecule has 6 N–H and O–H groups in total. The minimum Gasteiger partial charge on any atom is -0.463 e. The fourth-order valence-corrected chi connectivity index (χ4v) is 5.24. The van der Waals surface area contributed by atoms with E-state index in [1.807, 2.05) is 0 Å². The number of aliphatic imine (C=N–C) groups is 1. The van der Waals surface area contributed by atoms with E-state index in [2.05, 4.69) is 20.0 Å². The Morgan fingerprint density at radius 3 is 2.51 bits per heavy atom. The molecule has 2 heterocycles. The number of carbonyl (C=O) groups excluding carboxylic acids is 4. The first-order valence-corrected chi connectivity index (χ1v) is 15.0. The van der Waals surface area contributed by atoms with Crippen LogP contribution in [0.15, 0.2) is 17.1 Å². The number of nitrogens with zero attached hydrogens (tertiary/aromatic N) is 1. The van der Waals surface area contributed by atoms with E-state index in [9.17, 15) is 24.3 Å². The number of aliphatic hydroxyl groups excluding tert-OH is 1. The normalized spacial score (nSPS) is 24.8. The highest BCUT2D eigenvalue weighted by molar-refractivity contribution is 6.07. The molecule has 1 aliphatic carbocycles. The zero-order valence-corrected chi connectivity index (χ0v) is 26.4. The molecule has 1 amide bonds. The van der Waals surface area contributed by atoms with Gasteiger partial charge in [0.1, 0.15) is 36.8 Å². The number of aliphatic hydroxyl groups is 1. The molecule has 2 fully saturated rings. The third-order valence-corrected chi connectivity index (χ3v) is 8.01. The van der Waals surface area contributed by atoms with Crippen molar-refractivity contribution in [3.8, 4) is 0 Å².